The first kappa shape index (κ1) is 9.98. The molecule has 1 aromatic rings. The van der Waals surface area contributed by atoms with Crippen LogP contribution in [0.4, 0.5) is 8.78 Å². The number of rotatable bonds is 2. The Morgan fingerprint density at radius 1 is 1.43 bits per heavy atom. The molecule has 0 amide bonds. The van der Waals surface area contributed by atoms with Crippen LogP contribution in [-0.4, -0.2) is 18.1 Å². The van der Waals surface area contributed by atoms with Gasteiger partial charge in [0.15, 0.2) is 0 Å². The van der Waals surface area contributed by atoms with E-state index in [1.807, 2.05) is 0 Å². The molecule has 0 radical (unpaired) electrons. The number of nitrogens with one attached hydrogen (secondary N) is 1. The normalized spacial score (nSPS) is 19.1. The SMILES string of the molecule is FC(F)c1cnc(C2CCNCC2)s1. The number of thiazole rings is 1. The van der Waals surface area contributed by atoms with Gasteiger partial charge in [0.25, 0.3) is 6.43 Å². The molecule has 78 valence electrons. The van der Waals surface area contributed by atoms with Crippen molar-refractivity contribution in [3.63, 3.8) is 0 Å². The van der Waals surface area contributed by atoms with Crippen molar-refractivity contribution in [2.75, 3.05) is 13.1 Å². The van der Waals surface area contributed by atoms with Crippen molar-refractivity contribution >= 4 is 11.3 Å². The van der Waals surface area contributed by atoms with Gasteiger partial charge in [-0.3, -0.25) is 0 Å². The Kier molecular flexibility index (Phi) is 3.08. The molecule has 0 aromatic carbocycles. The van der Waals surface area contributed by atoms with Gasteiger partial charge in [-0.05, 0) is 25.9 Å². The molecule has 0 saturated carbocycles. The Morgan fingerprint density at radius 2 is 2.14 bits per heavy atom. The van der Waals surface area contributed by atoms with E-state index in [0.717, 1.165) is 42.3 Å². The standard InChI is InChI=1S/C9H12F2N2S/c10-8(11)7-5-13-9(14-7)6-1-3-12-4-2-6/h5-6,8,12H,1-4H2. The summed E-state index contributed by atoms with van der Waals surface area (Å²) >= 11 is 1.16. The molecular formula is C9H12F2N2S. The Bertz CT molecular complexity index is 295. The van der Waals surface area contributed by atoms with Crippen molar-refractivity contribution in [3.05, 3.63) is 16.1 Å². The van der Waals surface area contributed by atoms with E-state index >= 15 is 0 Å². The van der Waals surface area contributed by atoms with Crippen LogP contribution in [0.2, 0.25) is 0 Å². The largest absolute Gasteiger partial charge is 0.317 e. The number of hydrogen-bond acceptors (Lipinski definition) is 3. The molecule has 14 heavy (non-hydrogen) atoms. The van der Waals surface area contributed by atoms with Gasteiger partial charge in [0.05, 0.1) is 9.88 Å². The zero-order valence-electron chi connectivity index (χ0n) is 7.67. The predicted octanol–water partition coefficient (Wildman–Crippen LogP) is 2.55. The summed E-state index contributed by atoms with van der Waals surface area (Å²) in [7, 11) is 0. The van der Waals surface area contributed by atoms with Crippen molar-refractivity contribution < 1.29 is 8.78 Å². The van der Waals surface area contributed by atoms with E-state index in [2.05, 4.69) is 10.3 Å². The fraction of sp³-hybridized carbons (Fsp3) is 0.667. The highest BCUT2D eigenvalue weighted by atomic mass is 32.1. The lowest BCUT2D eigenvalue weighted by Crippen LogP contribution is -2.26. The molecule has 1 aromatic heterocycles. The van der Waals surface area contributed by atoms with E-state index in [-0.39, 0.29) is 4.88 Å². The number of halogens is 2. The molecule has 0 spiro atoms. The Hall–Kier alpha value is -0.550. The van der Waals surface area contributed by atoms with Gasteiger partial charge in [-0.25, -0.2) is 13.8 Å². The van der Waals surface area contributed by atoms with E-state index in [4.69, 9.17) is 0 Å². The van der Waals surface area contributed by atoms with E-state index < -0.39 is 6.43 Å². The van der Waals surface area contributed by atoms with Crippen molar-refractivity contribution in [2.24, 2.45) is 0 Å². The van der Waals surface area contributed by atoms with Gasteiger partial charge in [-0.2, -0.15) is 0 Å². The maximum atomic E-state index is 12.3. The smallest absolute Gasteiger partial charge is 0.274 e. The van der Waals surface area contributed by atoms with Gasteiger partial charge in [0.2, 0.25) is 0 Å². The molecule has 0 aliphatic carbocycles. The summed E-state index contributed by atoms with van der Waals surface area (Å²) in [6.07, 6.45) is 0.960. The van der Waals surface area contributed by atoms with Crippen LogP contribution >= 0.6 is 11.3 Å². The third-order valence-corrected chi connectivity index (χ3v) is 3.61. The first-order valence-electron chi connectivity index (χ1n) is 4.72. The molecule has 1 N–H and O–H groups in total. The van der Waals surface area contributed by atoms with E-state index in [0.29, 0.717) is 5.92 Å². The van der Waals surface area contributed by atoms with Gasteiger partial charge >= 0.3 is 0 Å². The maximum absolute atomic E-state index is 12.3. The third kappa shape index (κ3) is 2.09. The van der Waals surface area contributed by atoms with Crippen LogP contribution in [0.15, 0.2) is 6.20 Å². The van der Waals surface area contributed by atoms with Gasteiger partial charge in [-0.15, -0.1) is 11.3 Å². The Morgan fingerprint density at radius 3 is 2.71 bits per heavy atom. The summed E-state index contributed by atoms with van der Waals surface area (Å²) < 4.78 is 24.6. The summed E-state index contributed by atoms with van der Waals surface area (Å²) in [5, 5.41) is 4.12. The molecule has 1 saturated heterocycles. The van der Waals surface area contributed by atoms with E-state index in [1.54, 1.807) is 0 Å². The Balaban J connectivity index is 2.07. The highest BCUT2D eigenvalue weighted by Crippen LogP contribution is 2.32. The number of nitrogens with zero attached hydrogens (tertiary/aromatic N) is 1. The van der Waals surface area contributed by atoms with Gasteiger partial charge in [-0.1, -0.05) is 0 Å². The third-order valence-electron chi connectivity index (χ3n) is 2.44. The van der Waals surface area contributed by atoms with Crippen molar-refractivity contribution in [1.29, 1.82) is 0 Å². The van der Waals surface area contributed by atoms with Gasteiger partial charge in [0, 0.05) is 12.1 Å². The number of hydrogen-bond donors (Lipinski definition) is 1. The lowest BCUT2D eigenvalue weighted by Gasteiger charge is -2.20. The molecule has 1 aliphatic heterocycles. The van der Waals surface area contributed by atoms with Crippen molar-refractivity contribution in [2.45, 2.75) is 25.2 Å². The molecule has 0 bridgehead atoms. The summed E-state index contributed by atoms with van der Waals surface area (Å²) in [4.78, 5) is 4.17. The van der Waals surface area contributed by atoms with Gasteiger partial charge < -0.3 is 5.32 Å². The minimum absolute atomic E-state index is 0.0959. The Labute approximate surface area is 85.4 Å². The molecule has 2 nitrogen and oxygen atoms in total. The van der Waals surface area contributed by atoms with Crippen LogP contribution in [0, 0.1) is 0 Å². The lowest BCUT2D eigenvalue weighted by molar-refractivity contribution is 0.155. The molecule has 1 fully saturated rings. The van der Waals surface area contributed by atoms with Crippen LogP contribution in [0.5, 0.6) is 0 Å². The summed E-state index contributed by atoms with van der Waals surface area (Å²) in [6, 6.07) is 0. The summed E-state index contributed by atoms with van der Waals surface area (Å²) in [5.41, 5.74) is 0. The molecule has 5 heteroatoms. The average molecular weight is 218 g/mol. The topological polar surface area (TPSA) is 24.9 Å². The number of piperidine rings is 1. The zero-order valence-corrected chi connectivity index (χ0v) is 8.49. The molecule has 0 unspecified atom stereocenters. The van der Waals surface area contributed by atoms with Crippen LogP contribution in [-0.2, 0) is 0 Å². The quantitative estimate of drug-likeness (QED) is 0.825. The van der Waals surface area contributed by atoms with Crippen LogP contribution in [0.1, 0.15) is 35.1 Å². The highest BCUT2D eigenvalue weighted by molar-refractivity contribution is 7.11. The minimum atomic E-state index is -2.37. The van der Waals surface area contributed by atoms with E-state index in [1.165, 1.54) is 6.20 Å². The monoisotopic (exact) mass is 218 g/mol. The zero-order chi connectivity index (χ0) is 9.97. The second-order valence-corrected chi connectivity index (χ2v) is 4.52. The van der Waals surface area contributed by atoms with Crippen molar-refractivity contribution in [1.82, 2.24) is 10.3 Å². The fourth-order valence-electron chi connectivity index (χ4n) is 1.66. The van der Waals surface area contributed by atoms with Crippen LogP contribution in [0.25, 0.3) is 0 Å². The first-order valence-corrected chi connectivity index (χ1v) is 5.53. The molecule has 1 aliphatic rings. The van der Waals surface area contributed by atoms with Crippen LogP contribution < -0.4 is 5.32 Å². The second-order valence-electron chi connectivity index (χ2n) is 3.43. The molecule has 2 heterocycles. The predicted molar refractivity (Wildman–Crippen MR) is 51.9 cm³/mol. The molecule has 2 rings (SSSR count). The fourth-order valence-corrected chi connectivity index (χ4v) is 2.60. The average Bonchev–Trinajstić information content (AvgIpc) is 2.68. The van der Waals surface area contributed by atoms with Gasteiger partial charge in [0.1, 0.15) is 0 Å². The molecular weight excluding hydrogens is 206 g/mol. The molecule has 0 atom stereocenters. The van der Waals surface area contributed by atoms with E-state index in [9.17, 15) is 8.78 Å². The summed E-state index contributed by atoms with van der Waals surface area (Å²) in [5.74, 6) is 0.383. The number of aromatic nitrogens is 1. The maximum Gasteiger partial charge on any atom is 0.274 e. The van der Waals surface area contributed by atoms with Crippen LogP contribution in [0.3, 0.4) is 0 Å². The second kappa shape index (κ2) is 4.31. The minimum Gasteiger partial charge on any atom is -0.317 e. The lowest BCUT2D eigenvalue weighted by atomic mass is 9.99. The summed E-state index contributed by atoms with van der Waals surface area (Å²) in [6.45, 7) is 1.93. The number of alkyl halides is 2. The van der Waals surface area contributed by atoms with Crippen molar-refractivity contribution in [3.8, 4) is 0 Å². The first-order chi connectivity index (χ1) is 6.77. The highest BCUT2D eigenvalue weighted by Gasteiger charge is 2.20.